The van der Waals surface area contributed by atoms with E-state index in [-0.39, 0.29) is 17.8 Å². The van der Waals surface area contributed by atoms with Crippen molar-refractivity contribution in [1.82, 2.24) is 4.72 Å². The first-order valence-corrected chi connectivity index (χ1v) is 7.08. The van der Waals surface area contributed by atoms with E-state index in [9.17, 15) is 8.42 Å². The van der Waals surface area contributed by atoms with E-state index in [2.05, 4.69) is 23.0 Å². The Kier molecular flexibility index (Phi) is 3.09. The van der Waals surface area contributed by atoms with Crippen LogP contribution in [-0.2, 0) is 10.2 Å². The first-order chi connectivity index (χ1) is 7.89. The van der Waals surface area contributed by atoms with E-state index in [0.29, 0.717) is 5.92 Å². The second-order valence-electron chi connectivity index (χ2n) is 4.84. The van der Waals surface area contributed by atoms with Gasteiger partial charge in [-0.1, -0.05) is 37.6 Å². The molecule has 0 radical (unpaired) electrons. The van der Waals surface area contributed by atoms with E-state index in [1.165, 1.54) is 0 Å². The molecule has 0 saturated carbocycles. The molecule has 3 N–H and O–H groups in total. The quantitative estimate of drug-likeness (QED) is 0.762. The second kappa shape index (κ2) is 4.27. The van der Waals surface area contributed by atoms with Gasteiger partial charge in [-0.3, -0.25) is 0 Å². The molecule has 0 saturated heterocycles. The molecule has 5 nitrogen and oxygen atoms in total. The number of allylic oxidation sites excluding steroid dienone is 2. The average molecular weight is 255 g/mol. The van der Waals surface area contributed by atoms with E-state index in [0.717, 1.165) is 12.0 Å². The van der Waals surface area contributed by atoms with Crippen molar-refractivity contribution >= 4 is 16.0 Å². The molecule has 2 rings (SSSR count). The van der Waals surface area contributed by atoms with Crippen molar-refractivity contribution in [3.05, 3.63) is 23.8 Å². The van der Waals surface area contributed by atoms with Crippen LogP contribution >= 0.6 is 0 Å². The third kappa shape index (κ3) is 2.58. The molecule has 0 aromatic carbocycles. The molecule has 17 heavy (non-hydrogen) atoms. The summed E-state index contributed by atoms with van der Waals surface area (Å²) in [7, 11) is -3.62. The van der Waals surface area contributed by atoms with Gasteiger partial charge in [0.2, 0.25) is 0 Å². The van der Waals surface area contributed by atoms with E-state index in [4.69, 9.17) is 5.73 Å². The van der Waals surface area contributed by atoms with Crippen LogP contribution < -0.4 is 10.5 Å². The van der Waals surface area contributed by atoms with Crippen LogP contribution in [0.25, 0.3) is 0 Å². The minimum atomic E-state index is -3.62. The molecule has 2 aliphatic rings. The summed E-state index contributed by atoms with van der Waals surface area (Å²) in [5, 5.41) is 0. The van der Waals surface area contributed by atoms with Crippen molar-refractivity contribution in [3.63, 3.8) is 0 Å². The number of hydrogen-bond acceptors (Lipinski definition) is 3. The molecule has 0 aromatic rings. The fourth-order valence-corrected chi connectivity index (χ4v) is 3.29. The molecule has 0 spiro atoms. The van der Waals surface area contributed by atoms with Crippen molar-refractivity contribution < 1.29 is 8.42 Å². The highest BCUT2D eigenvalue weighted by atomic mass is 32.2. The van der Waals surface area contributed by atoms with Crippen molar-refractivity contribution in [2.75, 3.05) is 0 Å². The Hall–Kier alpha value is -1.14. The zero-order valence-corrected chi connectivity index (χ0v) is 10.7. The number of hydrogen-bond donors (Lipinski definition) is 2. The second-order valence-corrected chi connectivity index (χ2v) is 6.21. The van der Waals surface area contributed by atoms with Crippen LogP contribution in [0.5, 0.6) is 0 Å². The van der Waals surface area contributed by atoms with Crippen LogP contribution in [0.15, 0.2) is 28.2 Å². The van der Waals surface area contributed by atoms with Crippen molar-refractivity contribution in [2.45, 2.75) is 26.3 Å². The minimum absolute atomic E-state index is 0.133. The van der Waals surface area contributed by atoms with Crippen LogP contribution in [0, 0.1) is 11.8 Å². The van der Waals surface area contributed by atoms with Crippen LogP contribution in [-0.4, -0.2) is 20.3 Å². The number of rotatable bonds is 2. The number of amidine groups is 1. The molecule has 1 heterocycles. The summed E-state index contributed by atoms with van der Waals surface area (Å²) in [6.45, 7) is 4.24. The lowest BCUT2D eigenvalue weighted by atomic mass is 9.82. The lowest BCUT2D eigenvalue weighted by Gasteiger charge is -2.32. The number of nitrogens with two attached hydrogens (primary N) is 1. The monoisotopic (exact) mass is 255 g/mol. The summed E-state index contributed by atoms with van der Waals surface area (Å²) in [5.74, 6) is 0.552. The van der Waals surface area contributed by atoms with Crippen molar-refractivity contribution in [3.8, 4) is 0 Å². The van der Waals surface area contributed by atoms with Crippen LogP contribution in [0.3, 0.4) is 0 Å². The smallest absolute Gasteiger partial charge is 0.322 e. The van der Waals surface area contributed by atoms with E-state index in [1.807, 2.05) is 18.2 Å². The van der Waals surface area contributed by atoms with Gasteiger partial charge in [-0.25, -0.2) is 0 Å². The highest BCUT2D eigenvalue weighted by Gasteiger charge is 2.36. The van der Waals surface area contributed by atoms with Gasteiger partial charge in [0.25, 0.3) is 0 Å². The maximum Gasteiger partial charge on any atom is 0.322 e. The van der Waals surface area contributed by atoms with Gasteiger partial charge in [-0.2, -0.15) is 13.1 Å². The van der Waals surface area contributed by atoms with Crippen molar-refractivity contribution in [1.29, 1.82) is 0 Å². The molecule has 0 amide bonds. The highest BCUT2D eigenvalue weighted by Crippen LogP contribution is 2.29. The van der Waals surface area contributed by atoms with Crippen LogP contribution in [0.1, 0.15) is 20.3 Å². The van der Waals surface area contributed by atoms with Gasteiger partial charge in [0, 0.05) is 0 Å². The largest absolute Gasteiger partial charge is 0.386 e. The van der Waals surface area contributed by atoms with E-state index < -0.39 is 10.2 Å². The SMILES string of the molecule is CC(C)CC1=CC=CC2NS(=O)(=O)N=C(N)C12. The summed E-state index contributed by atoms with van der Waals surface area (Å²) in [6, 6.07) is -0.295. The maximum absolute atomic E-state index is 11.4. The molecule has 6 heteroatoms. The molecule has 2 unspecified atom stereocenters. The first kappa shape index (κ1) is 12.3. The average Bonchev–Trinajstić information content (AvgIpc) is 2.13. The van der Waals surface area contributed by atoms with Gasteiger partial charge >= 0.3 is 10.2 Å². The molecule has 1 aliphatic carbocycles. The number of nitrogens with one attached hydrogen (secondary N) is 1. The Morgan fingerprint density at radius 3 is 2.88 bits per heavy atom. The van der Waals surface area contributed by atoms with Gasteiger partial charge in [-0.05, 0) is 12.3 Å². The first-order valence-electron chi connectivity index (χ1n) is 5.64. The zero-order valence-electron chi connectivity index (χ0n) is 9.92. The third-order valence-electron chi connectivity index (χ3n) is 2.86. The predicted molar refractivity (Wildman–Crippen MR) is 67.6 cm³/mol. The standard InChI is InChI=1S/C11H17N3O2S/c1-7(2)6-8-4-3-5-9-10(8)11(12)14-17(15,16)13-9/h3-5,7,9-10,13H,6H2,1-2H3,(H2,12,14). The molecular formula is C11H17N3O2S. The molecule has 0 aromatic heterocycles. The topological polar surface area (TPSA) is 84.5 Å². The third-order valence-corrected chi connectivity index (χ3v) is 3.88. The Labute approximate surface area is 102 Å². The Morgan fingerprint density at radius 1 is 1.53 bits per heavy atom. The summed E-state index contributed by atoms with van der Waals surface area (Å²) in [6.07, 6.45) is 6.58. The lowest BCUT2D eigenvalue weighted by Crippen LogP contribution is -2.50. The summed E-state index contributed by atoms with van der Waals surface area (Å²) < 4.78 is 28.9. The lowest BCUT2D eigenvalue weighted by molar-refractivity contribution is 0.520. The zero-order chi connectivity index (χ0) is 12.6. The minimum Gasteiger partial charge on any atom is -0.386 e. The van der Waals surface area contributed by atoms with E-state index >= 15 is 0 Å². The maximum atomic E-state index is 11.4. The normalized spacial score (nSPS) is 30.8. The number of fused-ring (bicyclic) bond motifs is 1. The molecule has 2 atom stereocenters. The molecular weight excluding hydrogens is 238 g/mol. The Balaban J connectivity index is 2.35. The van der Waals surface area contributed by atoms with Crippen LogP contribution in [0.4, 0.5) is 0 Å². The van der Waals surface area contributed by atoms with Gasteiger partial charge in [0.15, 0.2) is 0 Å². The van der Waals surface area contributed by atoms with Gasteiger partial charge in [0.1, 0.15) is 5.84 Å². The van der Waals surface area contributed by atoms with Gasteiger partial charge in [0.05, 0.1) is 12.0 Å². The Bertz CT molecular complexity index is 503. The van der Waals surface area contributed by atoms with Gasteiger partial charge in [-0.15, -0.1) is 4.40 Å². The molecule has 1 aliphatic heterocycles. The summed E-state index contributed by atoms with van der Waals surface area (Å²) in [5.41, 5.74) is 6.92. The molecule has 94 valence electrons. The number of nitrogens with zero attached hydrogens (tertiary/aromatic N) is 1. The Morgan fingerprint density at radius 2 is 2.24 bits per heavy atom. The molecule has 0 bridgehead atoms. The summed E-state index contributed by atoms with van der Waals surface area (Å²) in [4.78, 5) is 0. The fourth-order valence-electron chi connectivity index (χ4n) is 2.29. The summed E-state index contributed by atoms with van der Waals surface area (Å²) >= 11 is 0. The fraction of sp³-hybridized carbons (Fsp3) is 0.545. The predicted octanol–water partition coefficient (Wildman–Crippen LogP) is 0.719. The van der Waals surface area contributed by atoms with Crippen molar-refractivity contribution in [2.24, 2.45) is 22.0 Å². The van der Waals surface area contributed by atoms with E-state index in [1.54, 1.807) is 0 Å². The van der Waals surface area contributed by atoms with Crippen LogP contribution in [0.2, 0.25) is 0 Å². The molecule has 0 fully saturated rings. The highest BCUT2D eigenvalue weighted by molar-refractivity contribution is 7.88. The van der Waals surface area contributed by atoms with Gasteiger partial charge < -0.3 is 5.73 Å².